The molecular formula is C8H17NOS. The lowest BCUT2D eigenvalue weighted by Crippen LogP contribution is -2.35. The molecule has 0 aromatic heterocycles. The number of carbonyl (C=O) groups excluding carboxylic acids is 1. The Bertz CT molecular complexity index is 125. The van der Waals surface area contributed by atoms with Crippen molar-refractivity contribution in [3.8, 4) is 0 Å². The van der Waals surface area contributed by atoms with E-state index in [1.54, 1.807) is 0 Å². The molecule has 0 fully saturated rings. The normalized spacial score (nSPS) is 13.2. The standard InChI is InChI=1S/C8H17NOS/c1-6(2)4-8(5-11)9-7(3)10/h6,8,11H,4-5H2,1-3H3,(H,9,10)/t8-/m0/s1. The van der Waals surface area contributed by atoms with Crippen LogP contribution in [-0.2, 0) is 4.79 Å². The molecule has 1 atom stereocenters. The van der Waals surface area contributed by atoms with Crippen molar-refractivity contribution >= 4 is 18.5 Å². The number of rotatable bonds is 4. The Morgan fingerprint density at radius 3 is 2.36 bits per heavy atom. The Kier molecular flexibility index (Phi) is 5.38. The van der Waals surface area contributed by atoms with Gasteiger partial charge in [-0.25, -0.2) is 0 Å². The van der Waals surface area contributed by atoms with Crippen molar-refractivity contribution in [1.82, 2.24) is 5.32 Å². The van der Waals surface area contributed by atoms with Crippen LogP contribution >= 0.6 is 12.6 Å². The summed E-state index contributed by atoms with van der Waals surface area (Å²) in [5.41, 5.74) is 0. The van der Waals surface area contributed by atoms with Crippen LogP contribution in [-0.4, -0.2) is 17.7 Å². The smallest absolute Gasteiger partial charge is 0.217 e. The molecule has 11 heavy (non-hydrogen) atoms. The van der Waals surface area contributed by atoms with Gasteiger partial charge in [0.05, 0.1) is 0 Å². The summed E-state index contributed by atoms with van der Waals surface area (Å²) in [6.07, 6.45) is 1.00. The maximum absolute atomic E-state index is 10.6. The fourth-order valence-electron chi connectivity index (χ4n) is 1.04. The third-order valence-electron chi connectivity index (χ3n) is 1.38. The molecule has 0 saturated heterocycles. The topological polar surface area (TPSA) is 29.1 Å². The van der Waals surface area contributed by atoms with Crippen molar-refractivity contribution in [3.05, 3.63) is 0 Å². The minimum atomic E-state index is 0.0321. The average Bonchev–Trinajstić information content (AvgIpc) is 1.84. The second-order valence-electron chi connectivity index (χ2n) is 3.21. The molecule has 66 valence electrons. The molecule has 0 unspecified atom stereocenters. The summed E-state index contributed by atoms with van der Waals surface area (Å²) < 4.78 is 0. The lowest BCUT2D eigenvalue weighted by atomic mass is 10.1. The molecule has 0 aliphatic rings. The highest BCUT2D eigenvalue weighted by Crippen LogP contribution is 2.05. The Morgan fingerprint density at radius 2 is 2.09 bits per heavy atom. The second kappa shape index (κ2) is 5.47. The number of amides is 1. The van der Waals surface area contributed by atoms with Crippen LogP contribution in [0.25, 0.3) is 0 Å². The van der Waals surface area contributed by atoms with Gasteiger partial charge in [0.1, 0.15) is 0 Å². The Hall–Kier alpha value is -0.180. The van der Waals surface area contributed by atoms with Gasteiger partial charge in [-0.05, 0) is 12.3 Å². The first-order chi connectivity index (χ1) is 5.06. The Labute approximate surface area is 74.2 Å². The minimum absolute atomic E-state index is 0.0321. The first-order valence-corrected chi connectivity index (χ1v) is 4.57. The van der Waals surface area contributed by atoms with Gasteiger partial charge in [-0.3, -0.25) is 4.79 Å². The predicted octanol–water partition coefficient (Wildman–Crippen LogP) is 1.47. The van der Waals surface area contributed by atoms with Crippen LogP contribution < -0.4 is 5.32 Å². The van der Waals surface area contributed by atoms with Gasteiger partial charge >= 0.3 is 0 Å². The average molecular weight is 175 g/mol. The highest BCUT2D eigenvalue weighted by atomic mass is 32.1. The van der Waals surface area contributed by atoms with E-state index < -0.39 is 0 Å². The van der Waals surface area contributed by atoms with E-state index >= 15 is 0 Å². The number of hydrogen-bond acceptors (Lipinski definition) is 2. The van der Waals surface area contributed by atoms with Gasteiger partial charge < -0.3 is 5.32 Å². The van der Waals surface area contributed by atoms with Crippen LogP contribution in [0, 0.1) is 5.92 Å². The van der Waals surface area contributed by atoms with E-state index in [1.807, 2.05) is 0 Å². The lowest BCUT2D eigenvalue weighted by Gasteiger charge is -2.16. The summed E-state index contributed by atoms with van der Waals surface area (Å²) in [5, 5.41) is 2.85. The molecule has 0 spiro atoms. The van der Waals surface area contributed by atoms with Gasteiger partial charge in [-0.2, -0.15) is 12.6 Å². The number of thiol groups is 1. The van der Waals surface area contributed by atoms with Crippen molar-refractivity contribution in [2.45, 2.75) is 33.2 Å². The summed E-state index contributed by atoms with van der Waals surface area (Å²) >= 11 is 4.15. The van der Waals surface area contributed by atoms with E-state index in [4.69, 9.17) is 0 Å². The van der Waals surface area contributed by atoms with Crippen LogP contribution in [0.15, 0.2) is 0 Å². The third-order valence-corrected chi connectivity index (χ3v) is 1.82. The summed E-state index contributed by atoms with van der Waals surface area (Å²) in [5.74, 6) is 1.36. The minimum Gasteiger partial charge on any atom is -0.353 e. The van der Waals surface area contributed by atoms with Crippen molar-refractivity contribution in [2.75, 3.05) is 5.75 Å². The van der Waals surface area contributed by atoms with Crippen LogP contribution in [0.1, 0.15) is 27.2 Å². The molecule has 0 aromatic carbocycles. The fraction of sp³-hybridized carbons (Fsp3) is 0.875. The van der Waals surface area contributed by atoms with Gasteiger partial charge in [0.2, 0.25) is 5.91 Å². The van der Waals surface area contributed by atoms with E-state index in [0.717, 1.165) is 12.2 Å². The molecule has 0 aliphatic carbocycles. The van der Waals surface area contributed by atoms with Crippen molar-refractivity contribution in [2.24, 2.45) is 5.92 Å². The summed E-state index contributed by atoms with van der Waals surface area (Å²) in [7, 11) is 0. The fourth-order valence-corrected chi connectivity index (χ4v) is 1.28. The largest absolute Gasteiger partial charge is 0.353 e. The van der Waals surface area contributed by atoms with Crippen LogP contribution in [0.2, 0.25) is 0 Å². The molecule has 0 aliphatic heterocycles. The molecule has 0 rings (SSSR count). The third kappa shape index (κ3) is 6.23. The second-order valence-corrected chi connectivity index (χ2v) is 3.57. The molecule has 1 N–H and O–H groups in total. The lowest BCUT2D eigenvalue weighted by molar-refractivity contribution is -0.119. The van der Waals surface area contributed by atoms with E-state index in [0.29, 0.717) is 5.92 Å². The summed E-state index contributed by atoms with van der Waals surface area (Å²) in [4.78, 5) is 10.6. The van der Waals surface area contributed by atoms with E-state index in [-0.39, 0.29) is 11.9 Å². The van der Waals surface area contributed by atoms with Crippen LogP contribution in [0.3, 0.4) is 0 Å². The van der Waals surface area contributed by atoms with Crippen molar-refractivity contribution in [1.29, 1.82) is 0 Å². The maximum Gasteiger partial charge on any atom is 0.217 e. The van der Waals surface area contributed by atoms with Crippen LogP contribution in [0.5, 0.6) is 0 Å². The predicted molar refractivity (Wildman–Crippen MR) is 50.9 cm³/mol. The highest BCUT2D eigenvalue weighted by molar-refractivity contribution is 7.80. The highest BCUT2D eigenvalue weighted by Gasteiger charge is 2.08. The number of nitrogens with one attached hydrogen (secondary N) is 1. The summed E-state index contributed by atoms with van der Waals surface area (Å²) in [6, 6.07) is 0.232. The molecular weight excluding hydrogens is 158 g/mol. The van der Waals surface area contributed by atoms with Crippen molar-refractivity contribution < 1.29 is 4.79 Å². The van der Waals surface area contributed by atoms with Crippen LogP contribution in [0.4, 0.5) is 0 Å². The number of hydrogen-bond donors (Lipinski definition) is 2. The molecule has 1 amide bonds. The van der Waals surface area contributed by atoms with Gasteiger partial charge in [-0.15, -0.1) is 0 Å². The summed E-state index contributed by atoms with van der Waals surface area (Å²) in [6.45, 7) is 5.81. The molecule has 0 bridgehead atoms. The van der Waals surface area contributed by atoms with Gasteiger partial charge in [0, 0.05) is 18.7 Å². The quantitative estimate of drug-likeness (QED) is 0.622. The van der Waals surface area contributed by atoms with Gasteiger partial charge in [0.25, 0.3) is 0 Å². The Morgan fingerprint density at radius 1 is 1.55 bits per heavy atom. The SMILES string of the molecule is CC(=O)N[C@H](CS)CC(C)C. The molecule has 0 radical (unpaired) electrons. The monoisotopic (exact) mass is 175 g/mol. The molecule has 0 heterocycles. The molecule has 2 nitrogen and oxygen atoms in total. The zero-order chi connectivity index (χ0) is 8.85. The zero-order valence-corrected chi connectivity index (χ0v) is 8.32. The zero-order valence-electron chi connectivity index (χ0n) is 7.42. The van der Waals surface area contributed by atoms with E-state index in [1.165, 1.54) is 6.92 Å². The van der Waals surface area contributed by atoms with Gasteiger partial charge in [0.15, 0.2) is 0 Å². The molecule has 0 saturated carbocycles. The first-order valence-electron chi connectivity index (χ1n) is 3.94. The van der Waals surface area contributed by atoms with E-state index in [2.05, 4.69) is 31.8 Å². The van der Waals surface area contributed by atoms with E-state index in [9.17, 15) is 4.79 Å². The maximum atomic E-state index is 10.6. The molecule has 0 aromatic rings. The van der Waals surface area contributed by atoms with Crippen molar-refractivity contribution in [3.63, 3.8) is 0 Å². The first kappa shape index (κ1) is 10.8. The Balaban J connectivity index is 3.66. The number of carbonyl (C=O) groups is 1. The van der Waals surface area contributed by atoms with Gasteiger partial charge in [-0.1, -0.05) is 13.8 Å². The molecule has 3 heteroatoms.